The van der Waals surface area contributed by atoms with Crippen molar-refractivity contribution in [3.63, 3.8) is 0 Å². The van der Waals surface area contributed by atoms with Crippen LogP contribution in [0.15, 0.2) is 48.5 Å². The third-order valence-corrected chi connectivity index (χ3v) is 6.72. The van der Waals surface area contributed by atoms with Gasteiger partial charge in [-0.15, -0.1) is 0 Å². The molecule has 0 aliphatic carbocycles. The first-order valence-electron chi connectivity index (χ1n) is 11.5. The van der Waals surface area contributed by atoms with Crippen LogP contribution in [0.25, 0.3) is 11.3 Å². The van der Waals surface area contributed by atoms with Gasteiger partial charge in [0.15, 0.2) is 0 Å². The number of carbonyl (C=O) groups excluding carboxylic acids is 2. The fraction of sp³-hybridized carbons (Fsp3) is 0.346. The molecule has 0 fully saturated rings. The number of halogens is 1. The van der Waals surface area contributed by atoms with Gasteiger partial charge in [-0.1, -0.05) is 54.3 Å². The molecular weight excluding hydrogens is 436 g/mol. The standard InChI is InChI=1S/C26H27ClN4O2/c1-17-7-9-18(10-8-17)15-30-16-20-5-3-2-4-6-25(32)28-22-13-19(27)11-12-21(22)23-14-24(26(30)33)31(20)29-23/h7-14,20H,2-6,15-16H2,1H3,(H,28,32). The third kappa shape index (κ3) is 4.53. The van der Waals surface area contributed by atoms with Gasteiger partial charge in [0.1, 0.15) is 5.69 Å². The van der Waals surface area contributed by atoms with Crippen LogP contribution in [0, 0.1) is 6.92 Å². The van der Waals surface area contributed by atoms with E-state index in [-0.39, 0.29) is 17.9 Å². The predicted octanol–water partition coefficient (Wildman–Crippen LogP) is 5.61. The van der Waals surface area contributed by atoms with Gasteiger partial charge in [-0.25, -0.2) is 0 Å². The van der Waals surface area contributed by atoms with Crippen LogP contribution in [-0.2, 0) is 11.3 Å². The number of hydrogen-bond donors (Lipinski definition) is 1. The van der Waals surface area contributed by atoms with Crippen molar-refractivity contribution in [1.29, 1.82) is 0 Å². The quantitative estimate of drug-likeness (QED) is 0.538. The fourth-order valence-electron chi connectivity index (χ4n) is 4.70. The van der Waals surface area contributed by atoms with E-state index in [9.17, 15) is 9.59 Å². The number of nitrogens with one attached hydrogen (secondary N) is 1. The van der Waals surface area contributed by atoms with Crippen molar-refractivity contribution in [2.45, 2.75) is 51.6 Å². The average molecular weight is 463 g/mol. The Morgan fingerprint density at radius 2 is 1.88 bits per heavy atom. The monoisotopic (exact) mass is 462 g/mol. The summed E-state index contributed by atoms with van der Waals surface area (Å²) in [5, 5.41) is 8.39. The maximum Gasteiger partial charge on any atom is 0.272 e. The second-order valence-electron chi connectivity index (χ2n) is 9.02. The first-order chi connectivity index (χ1) is 16.0. The molecule has 170 valence electrons. The Bertz CT molecular complexity index is 1200. The van der Waals surface area contributed by atoms with E-state index in [1.807, 2.05) is 21.7 Å². The zero-order valence-corrected chi connectivity index (χ0v) is 19.4. The second kappa shape index (κ2) is 9.02. The topological polar surface area (TPSA) is 67.2 Å². The van der Waals surface area contributed by atoms with Crippen LogP contribution in [-0.4, -0.2) is 33.0 Å². The van der Waals surface area contributed by atoms with Gasteiger partial charge in [0.05, 0.1) is 17.4 Å². The van der Waals surface area contributed by atoms with Gasteiger partial charge in [0.2, 0.25) is 5.91 Å². The molecular formula is C26H27ClN4O2. The molecule has 2 amide bonds. The summed E-state index contributed by atoms with van der Waals surface area (Å²) in [5.41, 5.74) is 4.99. The molecule has 1 unspecified atom stereocenters. The van der Waals surface area contributed by atoms with Gasteiger partial charge >= 0.3 is 0 Å². The van der Waals surface area contributed by atoms with Gasteiger partial charge in [0, 0.05) is 30.1 Å². The van der Waals surface area contributed by atoms with Gasteiger partial charge in [-0.3, -0.25) is 14.3 Å². The summed E-state index contributed by atoms with van der Waals surface area (Å²) in [5.74, 6) is -0.0429. The van der Waals surface area contributed by atoms with Crippen LogP contribution in [0.2, 0.25) is 5.02 Å². The van der Waals surface area contributed by atoms with Crippen molar-refractivity contribution in [2.75, 3.05) is 11.9 Å². The number of fused-ring (bicyclic) bond motifs is 3. The summed E-state index contributed by atoms with van der Waals surface area (Å²) in [4.78, 5) is 27.9. The van der Waals surface area contributed by atoms with E-state index in [0.717, 1.165) is 36.8 Å². The molecule has 2 aliphatic heterocycles. The minimum atomic E-state index is -0.0265. The molecule has 0 radical (unpaired) electrons. The Labute approximate surface area is 198 Å². The van der Waals surface area contributed by atoms with E-state index in [2.05, 4.69) is 36.5 Å². The lowest BCUT2D eigenvalue weighted by Crippen LogP contribution is -2.42. The second-order valence-corrected chi connectivity index (χ2v) is 9.46. The fourth-order valence-corrected chi connectivity index (χ4v) is 4.87. The van der Waals surface area contributed by atoms with Gasteiger partial charge in [-0.2, -0.15) is 5.10 Å². The van der Waals surface area contributed by atoms with E-state index >= 15 is 0 Å². The number of amides is 2. The van der Waals surface area contributed by atoms with E-state index in [1.165, 1.54) is 5.56 Å². The number of anilines is 1. The van der Waals surface area contributed by atoms with Crippen LogP contribution in [0.4, 0.5) is 5.69 Å². The Kier molecular flexibility index (Phi) is 5.94. The molecule has 1 atom stereocenters. The van der Waals surface area contributed by atoms with Crippen LogP contribution in [0.5, 0.6) is 0 Å². The van der Waals surface area contributed by atoms with Gasteiger partial charge < -0.3 is 10.2 Å². The summed E-state index contributed by atoms with van der Waals surface area (Å²) in [6.07, 6.45) is 4.17. The summed E-state index contributed by atoms with van der Waals surface area (Å²) >= 11 is 6.22. The minimum Gasteiger partial charge on any atom is -0.331 e. The molecule has 1 aromatic heterocycles. The summed E-state index contributed by atoms with van der Waals surface area (Å²) < 4.78 is 1.90. The lowest BCUT2D eigenvalue weighted by molar-refractivity contribution is -0.116. The molecule has 0 spiro atoms. The number of rotatable bonds is 2. The highest BCUT2D eigenvalue weighted by molar-refractivity contribution is 6.31. The highest BCUT2D eigenvalue weighted by atomic mass is 35.5. The molecule has 33 heavy (non-hydrogen) atoms. The summed E-state index contributed by atoms with van der Waals surface area (Å²) in [6, 6.07) is 15.7. The van der Waals surface area contributed by atoms with Crippen molar-refractivity contribution in [2.24, 2.45) is 0 Å². The zero-order valence-electron chi connectivity index (χ0n) is 18.7. The molecule has 5 rings (SSSR count). The molecule has 2 aromatic carbocycles. The van der Waals surface area contributed by atoms with Crippen molar-refractivity contribution < 1.29 is 9.59 Å². The molecule has 3 heterocycles. The molecule has 0 saturated heterocycles. The van der Waals surface area contributed by atoms with Crippen LogP contribution < -0.4 is 5.32 Å². The zero-order chi connectivity index (χ0) is 22.9. The number of nitrogens with zero attached hydrogens (tertiary/aromatic N) is 3. The lowest BCUT2D eigenvalue weighted by atomic mass is 10.0. The number of hydrogen-bond acceptors (Lipinski definition) is 3. The molecule has 3 aromatic rings. The number of aromatic nitrogens is 2. The minimum absolute atomic E-state index is 0.0165. The van der Waals surface area contributed by atoms with Crippen molar-refractivity contribution in [3.8, 4) is 11.3 Å². The average Bonchev–Trinajstić information content (AvgIpc) is 3.23. The van der Waals surface area contributed by atoms with Crippen molar-refractivity contribution in [3.05, 3.63) is 70.4 Å². The van der Waals surface area contributed by atoms with Crippen LogP contribution in [0.3, 0.4) is 0 Å². The van der Waals surface area contributed by atoms with E-state index in [0.29, 0.717) is 41.6 Å². The Hall–Kier alpha value is -3.12. The largest absolute Gasteiger partial charge is 0.331 e. The highest BCUT2D eigenvalue weighted by Crippen LogP contribution is 2.35. The number of aryl methyl sites for hydroxylation is 1. The van der Waals surface area contributed by atoms with Gasteiger partial charge in [-0.05, 0) is 49.6 Å². The normalized spacial score (nSPS) is 18.6. The Balaban J connectivity index is 1.54. The molecule has 6 nitrogen and oxygen atoms in total. The molecule has 1 N–H and O–H groups in total. The Morgan fingerprint density at radius 1 is 1.06 bits per heavy atom. The van der Waals surface area contributed by atoms with Crippen LogP contribution in [0.1, 0.15) is 59.8 Å². The predicted molar refractivity (Wildman–Crippen MR) is 129 cm³/mol. The van der Waals surface area contributed by atoms with Gasteiger partial charge in [0.25, 0.3) is 5.91 Å². The number of carbonyl (C=O) groups is 2. The molecule has 2 aliphatic rings. The number of benzene rings is 2. The first-order valence-corrected chi connectivity index (χ1v) is 11.9. The SMILES string of the molecule is Cc1ccc(CN2CC3CCCCCC(=O)Nc4cc(Cl)ccc4-c4cc(n3n4)C2=O)cc1. The van der Waals surface area contributed by atoms with Crippen LogP contribution >= 0.6 is 11.6 Å². The van der Waals surface area contributed by atoms with Crippen molar-refractivity contribution in [1.82, 2.24) is 14.7 Å². The molecule has 7 heteroatoms. The maximum atomic E-state index is 13.5. The smallest absolute Gasteiger partial charge is 0.272 e. The van der Waals surface area contributed by atoms with E-state index in [4.69, 9.17) is 16.7 Å². The first kappa shape index (κ1) is 21.7. The Morgan fingerprint density at radius 3 is 2.70 bits per heavy atom. The highest BCUT2D eigenvalue weighted by Gasteiger charge is 2.33. The van der Waals surface area contributed by atoms with Crippen molar-refractivity contribution >= 4 is 29.1 Å². The summed E-state index contributed by atoms with van der Waals surface area (Å²) in [6.45, 7) is 3.28. The lowest BCUT2D eigenvalue weighted by Gasteiger charge is -2.33. The van der Waals surface area contributed by atoms with E-state index < -0.39 is 0 Å². The summed E-state index contributed by atoms with van der Waals surface area (Å²) in [7, 11) is 0. The maximum absolute atomic E-state index is 13.5. The third-order valence-electron chi connectivity index (χ3n) is 6.49. The molecule has 2 bridgehead atoms. The molecule has 0 saturated carbocycles. The van der Waals surface area contributed by atoms with E-state index in [1.54, 1.807) is 12.1 Å².